The Balaban J connectivity index is 1.83. The second kappa shape index (κ2) is 10.4. The molecule has 0 aliphatic rings. The molecule has 2 heterocycles. The minimum absolute atomic E-state index is 0.188. The molecule has 0 radical (unpaired) electrons. The molecule has 178 valence electrons. The molecule has 4 aromatic rings. The number of carbonyl (C=O) groups excluding carboxylic acids is 1. The Morgan fingerprint density at radius 3 is 2.41 bits per heavy atom. The van der Waals surface area contributed by atoms with E-state index in [0.29, 0.717) is 46.0 Å². The molecule has 0 spiro atoms. The summed E-state index contributed by atoms with van der Waals surface area (Å²) in [7, 11) is 3.15. The van der Waals surface area contributed by atoms with Crippen LogP contribution < -0.4 is 15.2 Å². The van der Waals surface area contributed by atoms with Gasteiger partial charge in [0.05, 0.1) is 37.5 Å². The third-order valence-corrected chi connectivity index (χ3v) is 5.81. The van der Waals surface area contributed by atoms with Crippen LogP contribution >= 0.6 is 0 Å². The van der Waals surface area contributed by atoms with E-state index in [0.717, 1.165) is 25.7 Å². The third kappa shape index (κ3) is 4.48. The van der Waals surface area contributed by atoms with E-state index in [-0.39, 0.29) is 11.4 Å². The molecule has 0 atom stereocenters. The zero-order valence-corrected chi connectivity index (χ0v) is 19.8. The van der Waals surface area contributed by atoms with Gasteiger partial charge in [-0.05, 0) is 30.7 Å². The van der Waals surface area contributed by atoms with Crippen molar-refractivity contribution in [1.82, 2.24) is 14.5 Å². The van der Waals surface area contributed by atoms with Crippen molar-refractivity contribution >= 4 is 34.0 Å². The highest BCUT2D eigenvalue weighted by atomic mass is 16.5. The average Bonchev–Trinajstić information content (AvgIpc) is 3.14. The van der Waals surface area contributed by atoms with Crippen LogP contribution in [0.2, 0.25) is 0 Å². The van der Waals surface area contributed by atoms with Crippen molar-refractivity contribution in [2.45, 2.75) is 39.0 Å². The number of methoxy groups -OCH3 is 2. The maximum absolute atomic E-state index is 13.2. The molecule has 0 bridgehead atoms. The van der Waals surface area contributed by atoms with E-state index in [9.17, 15) is 4.79 Å². The molecule has 0 fully saturated rings. The number of nitrogens with two attached hydrogens (primary N) is 1. The summed E-state index contributed by atoms with van der Waals surface area (Å²) in [5.41, 5.74) is 9.55. The van der Waals surface area contributed by atoms with Crippen molar-refractivity contribution in [2.24, 2.45) is 0 Å². The standard InChI is InChI=1S/C26H30N4O4/c1-4-5-6-7-10-15-34-26(31)22-23-25(29-19-12-9-8-11-18(19)28-23)30(24(22)27)20-16-17(32-2)13-14-21(20)33-3/h8-9,11-14,16H,4-7,10,15,27H2,1-3H3. The van der Waals surface area contributed by atoms with Crippen molar-refractivity contribution in [3.8, 4) is 17.2 Å². The van der Waals surface area contributed by atoms with Crippen LogP contribution in [-0.4, -0.2) is 41.3 Å². The number of carbonyl (C=O) groups is 1. The number of anilines is 1. The average molecular weight is 463 g/mol. The highest BCUT2D eigenvalue weighted by molar-refractivity contribution is 6.09. The summed E-state index contributed by atoms with van der Waals surface area (Å²) in [6, 6.07) is 12.8. The molecule has 8 nitrogen and oxygen atoms in total. The second-order valence-electron chi connectivity index (χ2n) is 8.07. The lowest BCUT2D eigenvalue weighted by Gasteiger charge is -2.14. The van der Waals surface area contributed by atoms with Crippen molar-refractivity contribution in [2.75, 3.05) is 26.6 Å². The molecule has 2 aromatic carbocycles. The highest BCUT2D eigenvalue weighted by Gasteiger charge is 2.27. The lowest BCUT2D eigenvalue weighted by atomic mass is 10.2. The summed E-state index contributed by atoms with van der Waals surface area (Å²) in [4.78, 5) is 22.7. The van der Waals surface area contributed by atoms with Gasteiger partial charge in [-0.15, -0.1) is 0 Å². The fourth-order valence-corrected chi connectivity index (χ4v) is 4.02. The van der Waals surface area contributed by atoms with E-state index in [1.807, 2.05) is 24.3 Å². The molecule has 0 unspecified atom stereocenters. The smallest absolute Gasteiger partial charge is 0.344 e. The third-order valence-electron chi connectivity index (χ3n) is 5.81. The Labute approximate surface area is 198 Å². The molecule has 2 N–H and O–H groups in total. The van der Waals surface area contributed by atoms with Crippen molar-refractivity contribution in [3.05, 3.63) is 48.0 Å². The van der Waals surface area contributed by atoms with Gasteiger partial charge in [-0.25, -0.2) is 14.8 Å². The van der Waals surface area contributed by atoms with Gasteiger partial charge in [0, 0.05) is 6.07 Å². The number of aromatic nitrogens is 3. The molecule has 4 rings (SSSR count). The van der Waals surface area contributed by atoms with Crippen LogP contribution in [0.5, 0.6) is 11.5 Å². The fraction of sp³-hybridized carbons (Fsp3) is 0.346. The number of para-hydroxylation sites is 2. The minimum atomic E-state index is -0.511. The van der Waals surface area contributed by atoms with Crippen LogP contribution in [0.4, 0.5) is 5.82 Å². The van der Waals surface area contributed by atoms with E-state index in [4.69, 9.17) is 29.9 Å². The Hall–Kier alpha value is -3.81. The zero-order valence-electron chi connectivity index (χ0n) is 19.8. The normalized spacial score (nSPS) is 11.1. The van der Waals surface area contributed by atoms with Crippen LogP contribution in [0.3, 0.4) is 0 Å². The number of nitrogens with zero attached hydrogens (tertiary/aromatic N) is 3. The number of hydrogen-bond donors (Lipinski definition) is 1. The summed E-state index contributed by atoms with van der Waals surface area (Å²) in [6.07, 6.45) is 5.30. The number of rotatable bonds is 10. The molecular formula is C26H30N4O4. The van der Waals surface area contributed by atoms with Gasteiger partial charge in [0.25, 0.3) is 0 Å². The molecule has 0 aliphatic carbocycles. The van der Waals surface area contributed by atoms with Gasteiger partial charge in [-0.1, -0.05) is 44.7 Å². The van der Waals surface area contributed by atoms with Gasteiger partial charge < -0.3 is 19.9 Å². The summed E-state index contributed by atoms with van der Waals surface area (Å²) < 4.78 is 18.3. The summed E-state index contributed by atoms with van der Waals surface area (Å²) in [6.45, 7) is 2.50. The van der Waals surface area contributed by atoms with E-state index in [2.05, 4.69) is 6.92 Å². The van der Waals surface area contributed by atoms with Gasteiger partial charge in [-0.3, -0.25) is 4.57 Å². The SMILES string of the molecule is CCCCCCCOC(=O)c1c(N)n(-c2cc(OC)ccc2OC)c2nc3ccccc3nc12. The predicted molar refractivity (Wildman–Crippen MR) is 133 cm³/mol. The Bertz CT molecular complexity index is 1320. The quantitative estimate of drug-likeness (QED) is 0.252. The summed E-state index contributed by atoms with van der Waals surface area (Å²) in [5, 5.41) is 0. The van der Waals surface area contributed by atoms with Gasteiger partial charge >= 0.3 is 5.97 Å². The number of hydrogen-bond acceptors (Lipinski definition) is 7. The molecule has 0 aliphatic heterocycles. The highest BCUT2D eigenvalue weighted by Crippen LogP contribution is 2.36. The molecule has 0 amide bonds. The van der Waals surface area contributed by atoms with Crippen LogP contribution in [0.25, 0.3) is 27.9 Å². The number of nitrogen functional groups attached to an aromatic ring is 1. The largest absolute Gasteiger partial charge is 0.497 e. The Morgan fingerprint density at radius 2 is 1.71 bits per heavy atom. The van der Waals surface area contributed by atoms with E-state index >= 15 is 0 Å². The van der Waals surface area contributed by atoms with E-state index in [1.54, 1.807) is 37.0 Å². The number of benzene rings is 2. The van der Waals surface area contributed by atoms with Gasteiger partial charge in [0.1, 0.15) is 28.4 Å². The number of unbranched alkanes of at least 4 members (excludes halogenated alkanes) is 4. The molecule has 2 aromatic heterocycles. The van der Waals surface area contributed by atoms with Crippen LogP contribution in [0, 0.1) is 0 Å². The summed E-state index contributed by atoms with van der Waals surface area (Å²) >= 11 is 0. The van der Waals surface area contributed by atoms with Crippen LogP contribution in [0.1, 0.15) is 49.4 Å². The second-order valence-corrected chi connectivity index (χ2v) is 8.07. The van der Waals surface area contributed by atoms with Gasteiger partial charge in [0.15, 0.2) is 5.65 Å². The Morgan fingerprint density at radius 1 is 0.971 bits per heavy atom. The first kappa shape index (κ1) is 23.4. The zero-order chi connectivity index (χ0) is 24.1. The van der Waals surface area contributed by atoms with Crippen LogP contribution in [-0.2, 0) is 4.74 Å². The summed E-state index contributed by atoms with van der Waals surface area (Å²) in [5.74, 6) is 0.841. The number of esters is 1. The maximum Gasteiger partial charge on any atom is 0.344 e. The first-order valence-corrected chi connectivity index (χ1v) is 11.5. The lowest BCUT2D eigenvalue weighted by molar-refractivity contribution is 0.0501. The number of fused-ring (bicyclic) bond motifs is 2. The topological polar surface area (TPSA) is 101 Å². The molecule has 0 saturated carbocycles. The van der Waals surface area contributed by atoms with Crippen molar-refractivity contribution in [1.29, 1.82) is 0 Å². The van der Waals surface area contributed by atoms with Crippen molar-refractivity contribution < 1.29 is 19.0 Å². The van der Waals surface area contributed by atoms with E-state index < -0.39 is 5.97 Å². The lowest BCUT2D eigenvalue weighted by Crippen LogP contribution is -2.10. The molecular weight excluding hydrogens is 432 g/mol. The maximum atomic E-state index is 13.2. The fourth-order valence-electron chi connectivity index (χ4n) is 4.02. The molecule has 8 heteroatoms. The number of ether oxygens (including phenoxy) is 3. The van der Waals surface area contributed by atoms with Gasteiger partial charge in [-0.2, -0.15) is 0 Å². The van der Waals surface area contributed by atoms with Crippen LogP contribution in [0.15, 0.2) is 42.5 Å². The molecule has 34 heavy (non-hydrogen) atoms. The minimum Gasteiger partial charge on any atom is -0.497 e. The first-order chi connectivity index (χ1) is 16.6. The van der Waals surface area contributed by atoms with Crippen molar-refractivity contribution in [3.63, 3.8) is 0 Å². The predicted octanol–water partition coefficient (Wildman–Crippen LogP) is 5.30. The Kier molecular flexibility index (Phi) is 7.15. The van der Waals surface area contributed by atoms with E-state index in [1.165, 1.54) is 6.42 Å². The monoisotopic (exact) mass is 462 g/mol. The first-order valence-electron chi connectivity index (χ1n) is 11.5. The molecule has 0 saturated heterocycles. The van der Waals surface area contributed by atoms with Gasteiger partial charge in [0.2, 0.25) is 0 Å².